The van der Waals surface area contributed by atoms with E-state index < -0.39 is 0 Å². The third-order valence-corrected chi connectivity index (χ3v) is 4.01. The van der Waals surface area contributed by atoms with Crippen molar-refractivity contribution in [2.24, 2.45) is 0 Å². The number of hydrogen-bond donors (Lipinski definition) is 2. The van der Waals surface area contributed by atoms with Gasteiger partial charge >= 0.3 is 0 Å². The van der Waals surface area contributed by atoms with Crippen LogP contribution in [0, 0.1) is 0 Å². The molecule has 0 saturated carbocycles. The first-order valence-electron chi connectivity index (χ1n) is 6.51. The van der Waals surface area contributed by atoms with Gasteiger partial charge in [0.05, 0.1) is 23.4 Å². The Kier molecular flexibility index (Phi) is 3.45. The van der Waals surface area contributed by atoms with E-state index in [0.717, 1.165) is 24.1 Å². The summed E-state index contributed by atoms with van der Waals surface area (Å²) < 4.78 is 0. The van der Waals surface area contributed by atoms with Crippen LogP contribution in [0.25, 0.3) is 0 Å². The molecule has 0 aliphatic heterocycles. The highest BCUT2D eigenvalue weighted by molar-refractivity contribution is 6.33. The number of aliphatic hydroxyl groups is 1. The number of benzene rings is 2. The van der Waals surface area contributed by atoms with Gasteiger partial charge in [0, 0.05) is 0 Å². The van der Waals surface area contributed by atoms with Crippen molar-refractivity contribution in [1.29, 1.82) is 0 Å². The second-order valence-corrected chi connectivity index (χ2v) is 5.31. The van der Waals surface area contributed by atoms with Crippen LogP contribution >= 0.6 is 11.6 Å². The van der Waals surface area contributed by atoms with Gasteiger partial charge < -0.3 is 10.4 Å². The minimum absolute atomic E-state index is 0.0348. The van der Waals surface area contributed by atoms with E-state index in [2.05, 4.69) is 29.6 Å². The molecule has 0 radical (unpaired) electrons. The van der Waals surface area contributed by atoms with E-state index in [1.54, 1.807) is 0 Å². The third kappa shape index (κ3) is 2.46. The SMILES string of the molecule is OCc1ccc(Cl)c(NC2CCc3ccccc32)c1. The first kappa shape index (κ1) is 12.5. The number of aryl methyl sites for hydroxylation is 1. The molecule has 0 heterocycles. The highest BCUT2D eigenvalue weighted by atomic mass is 35.5. The Morgan fingerprint density at radius 3 is 2.89 bits per heavy atom. The molecule has 3 heteroatoms. The molecule has 0 aromatic heterocycles. The van der Waals surface area contributed by atoms with Crippen LogP contribution in [0.4, 0.5) is 5.69 Å². The summed E-state index contributed by atoms with van der Waals surface area (Å²) in [6, 6.07) is 14.4. The summed E-state index contributed by atoms with van der Waals surface area (Å²) in [5.74, 6) is 0. The minimum atomic E-state index is 0.0348. The van der Waals surface area contributed by atoms with Gasteiger partial charge in [-0.3, -0.25) is 0 Å². The number of hydrogen-bond acceptors (Lipinski definition) is 2. The quantitative estimate of drug-likeness (QED) is 0.888. The fourth-order valence-electron chi connectivity index (χ4n) is 2.68. The van der Waals surface area contributed by atoms with Gasteiger partial charge in [-0.15, -0.1) is 0 Å². The Balaban J connectivity index is 1.87. The van der Waals surface area contributed by atoms with Gasteiger partial charge in [0.2, 0.25) is 0 Å². The normalized spacial score (nSPS) is 17.3. The molecule has 2 nitrogen and oxygen atoms in total. The second kappa shape index (κ2) is 5.24. The number of nitrogens with one attached hydrogen (secondary N) is 1. The monoisotopic (exact) mass is 273 g/mol. The molecule has 2 N–H and O–H groups in total. The van der Waals surface area contributed by atoms with Crippen molar-refractivity contribution in [2.75, 3.05) is 5.32 Å². The molecule has 1 aliphatic rings. The fourth-order valence-corrected chi connectivity index (χ4v) is 2.85. The van der Waals surface area contributed by atoms with Crippen LogP contribution in [-0.4, -0.2) is 5.11 Å². The molecule has 19 heavy (non-hydrogen) atoms. The molecule has 0 saturated heterocycles. The number of halogens is 1. The zero-order valence-corrected chi connectivity index (χ0v) is 11.3. The summed E-state index contributed by atoms with van der Waals surface area (Å²) in [5.41, 5.74) is 4.54. The standard InChI is InChI=1S/C16H16ClNO/c17-14-7-5-11(10-19)9-16(14)18-15-8-6-12-3-1-2-4-13(12)15/h1-5,7,9,15,18-19H,6,8,10H2. The predicted octanol–water partition coefficient (Wildman–Crippen LogP) is 3.93. The summed E-state index contributed by atoms with van der Waals surface area (Å²) in [5, 5.41) is 13.4. The average molecular weight is 274 g/mol. The lowest BCUT2D eigenvalue weighted by Gasteiger charge is -2.17. The molecule has 0 fully saturated rings. The fraction of sp³-hybridized carbons (Fsp3) is 0.250. The van der Waals surface area contributed by atoms with Gasteiger partial charge in [-0.05, 0) is 41.7 Å². The van der Waals surface area contributed by atoms with Crippen LogP contribution in [-0.2, 0) is 13.0 Å². The van der Waals surface area contributed by atoms with Crippen LogP contribution in [0.3, 0.4) is 0 Å². The van der Waals surface area contributed by atoms with Crippen LogP contribution in [0.5, 0.6) is 0 Å². The largest absolute Gasteiger partial charge is 0.392 e. The highest BCUT2D eigenvalue weighted by Crippen LogP contribution is 2.35. The van der Waals surface area contributed by atoms with Crippen molar-refractivity contribution in [3.63, 3.8) is 0 Å². The zero-order chi connectivity index (χ0) is 13.2. The van der Waals surface area contributed by atoms with E-state index in [1.807, 2.05) is 18.2 Å². The molecule has 0 spiro atoms. The van der Waals surface area contributed by atoms with E-state index in [0.29, 0.717) is 11.1 Å². The lowest BCUT2D eigenvalue weighted by molar-refractivity contribution is 0.282. The summed E-state index contributed by atoms with van der Waals surface area (Å²) in [7, 11) is 0. The lowest BCUT2D eigenvalue weighted by Crippen LogP contribution is -2.07. The molecule has 0 bridgehead atoms. The molecule has 98 valence electrons. The number of anilines is 1. The van der Waals surface area contributed by atoms with E-state index in [-0.39, 0.29) is 6.61 Å². The molecule has 2 aromatic rings. The molecular weight excluding hydrogens is 258 g/mol. The maximum atomic E-state index is 9.20. The maximum absolute atomic E-state index is 9.20. The highest BCUT2D eigenvalue weighted by Gasteiger charge is 2.22. The van der Waals surface area contributed by atoms with Gasteiger partial charge in [-0.2, -0.15) is 0 Å². The summed E-state index contributed by atoms with van der Waals surface area (Å²) in [6.07, 6.45) is 2.18. The second-order valence-electron chi connectivity index (χ2n) is 4.91. The summed E-state index contributed by atoms with van der Waals surface area (Å²) >= 11 is 6.21. The van der Waals surface area contributed by atoms with Crippen molar-refractivity contribution in [3.05, 3.63) is 64.2 Å². The molecule has 3 rings (SSSR count). The van der Waals surface area contributed by atoms with Crippen molar-refractivity contribution in [3.8, 4) is 0 Å². The first-order valence-corrected chi connectivity index (χ1v) is 6.89. The van der Waals surface area contributed by atoms with Crippen molar-refractivity contribution >= 4 is 17.3 Å². The molecule has 1 atom stereocenters. The smallest absolute Gasteiger partial charge is 0.0682 e. The van der Waals surface area contributed by atoms with E-state index >= 15 is 0 Å². The van der Waals surface area contributed by atoms with Gasteiger partial charge in [-0.25, -0.2) is 0 Å². The molecule has 2 aromatic carbocycles. The topological polar surface area (TPSA) is 32.3 Å². The van der Waals surface area contributed by atoms with Gasteiger partial charge in [0.15, 0.2) is 0 Å². The Labute approximate surface area is 118 Å². The van der Waals surface area contributed by atoms with Gasteiger partial charge in [0.25, 0.3) is 0 Å². The maximum Gasteiger partial charge on any atom is 0.0682 e. The Bertz CT molecular complexity index is 597. The first-order chi connectivity index (χ1) is 9.28. The molecule has 1 unspecified atom stereocenters. The average Bonchev–Trinajstić information content (AvgIpc) is 2.85. The molecular formula is C16H16ClNO. The Morgan fingerprint density at radius 2 is 2.05 bits per heavy atom. The Hall–Kier alpha value is -1.51. The predicted molar refractivity (Wildman–Crippen MR) is 78.5 cm³/mol. The van der Waals surface area contributed by atoms with Crippen LogP contribution < -0.4 is 5.32 Å². The van der Waals surface area contributed by atoms with Crippen molar-refractivity contribution < 1.29 is 5.11 Å². The lowest BCUT2D eigenvalue weighted by atomic mass is 10.1. The minimum Gasteiger partial charge on any atom is -0.392 e. The van der Waals surface area contributed by atoms with Crippen molar-refractivity contribution in [1.82, 2.24) is 0 Å². The zero-order valence-electron chi connectivity index (χ0n) is 10.6. The molecule has 0 amide bonds. The van der Waals surface area contributed by atoms with Gasteiger partial charge in [0.1, 0.15) is 0 Å². The van der Waals surface area contributed by atoms with Crippen LogP contribution in [0.2, 0.25) is 5.02 Å². The number of aliphatic hydroxyl groups excluding tert-OH is 1. The van der Waals surface area contributed by atoms with Crippen molar-refractivity contribution in [2.45, 2.75) is 25.5 Å². The Morgan fingerprint density at radius 1 is 1.21 bits per heavy atom. The van der Waals surface area contributed by atoms with E-state index in [4.69, 9.17) is 11.6 Å². The van der Waals surface area contributed by atoms with Crippen LogP contribution in [0.1, 0.15) is 29.2 Å². The molecule has 1 aliphatic carbocycles. The third-order valence-electron chi connectivity index (χ3n) is 3.68. The summed E-state index contributed by atoms with van der Waals surface area (Å²) in [4.78, 5) is 0. The summed E-state index contributed by atoms with van der Waals surface area (Å²) in [6.45, 7) is 0.0348. The number of fused-ring (bicyclic) bond motifs is 1. The van der Waals surface area contributed by atoms with E-state index in [9.17, 15) is 5.11 Å². The van der Waals surface area contributed by atoms with Crippen LogP contribution in [0.15, 0.2) is 42.5 Å². The van der Waals surface area contributed by atoms with Gasteiger partial charge in [-0.1, -0.05) is 41.9 Å². The number of rotatable bonds is 3. The van der Waals surface area contributed by atoms with E-state index in [1.165, 1.54) is 11.1 Å².